The quantitative estimate of drug-likeness (QED) is 0.856. The van der Waals surface area contributed by atoms with Crippen LogP contribution in [0.5, 0.6) is 0 Å². The fraction of sp³-hybridized carbons (Fsp3) is 1.00. The Morgan fingerprint density at radius 2 is 1.95 bits per heavy atom. The molecule has 2 nitrogen and oxygen atoms in total. The van der Waals surface area contributed by atoms with Gasteiger partial charge in [-0.25, -0.2) is 0 Å². The summed E-state index contributed by atoms with van der Waals surface area (Å²) in [4.78, 5) is 0. The first-order chi connectivity index (χ1) is 8.63. The Labute approximate surface area is 112 Å². The van der Waals surface area contributed by atoms with Crippen LogP contribution < -0.4 is 5.73 Å². The molecule has 0 aliphatic heterocycles. The highest BCUT2D eigenvalue weighted by atomic mass is 19.4. The van der Waals surface area contributed by atoms with Crippen molar-refractivity contribution >= 4 is 0 Å². The molecule has 2 aliphatic carbocycles. The molecule has 0 spiro atoms. The van der Waals surface area contributed by atoms with E-state index in [-0.39, 0.29) is 23.5 Å². The van der Waals surface area contributed by atoms with Crippen molar-refractivity contribution in [1.29, 1.82) is 0 Å². The molecule has 0 aromatic carbocycles. The van der Waals surface area contributed by atoms with Crippen LogP contribution in [0.3, 0.4) is 0 Å². The summed E-state index contributed by atoms with van der Waals surface area (Å²) < 4.78 is 43.7. The van der Waals surface area contributed by atoms with Gasteiger partial charge in [0, 0.05) is 6.54 Å². The first-order valence-electron chi connectivity index (χ1n) is 7.01. The smallest absolute Gasteiger partial charge is 0.377 e. The van der Waals surface area contributed by atoms with E-state index >= 15 is 0 Å². The summed E-state index contributed by atoms with van der Waals surface area (Å²) in [6.07, 6.45) is -1.21. The maximum atomic E-state index is 12.7. The van der Waals surface area contributed by atoms with Crippen molar-refractivity contribution in [3.63, 3.8) is 0 Å². The Kier molecular flexibility index (Phi) is 3.67. The third-order valence-corrected chi connectivity index (χ3v) is 5.96. The predicted octanol–water partition coefficient (Wildman–Crippen LogP) is 3.36. The zero-order valence-corrected chi connectivity index (χ0v) is 11.9. The summed E-state index contributed by atoms with van der Waals surface area (Å²) in [6, 6.07) is 0. The van der Waals surface area contributed by atoms with Gasteiger partial charge in [0.15, 0.2) is 0 Å². The van der Waals surface area contributed by atoms with Crippen molar-refractivity contribution in [3.8, 4) is 0 Å². The molecule has 0 aromatic rings. The van der Waals surface area contributed by atoms with E-state index in [2.05, 4.69) is 20.8 Å². The van der Waals surface area contributed by atoms with E-state index in [0.29, 0.717) is 5.92 Å². The van der Waals surface area contributed by atoms with Gasteiger partial charge in [-0.1, -0.05) is 20.8 Å². The van der Waals surface area contributed by atoms with Crippen LogP contribution in [-0.2, 0) is 4.74 Å². The molecule has 2 N–H and O–H groups in total. The molecule has 2 bridgehead atoms. The van der Waals surface area contributed by atoms with Crippen LogP contribution in [0, 0.1) is 22.7 Å². The monoisotopic (exact) mass is 279 g/mol. The number of rotatable bonds is 4. The molecule has 5 heteroatoms. The maximum absolute atomic E-state index is 12.7. The number of nitrogens with two attached hydrogens (primary N) is 1. The van der Waals surface area contributed by atoms with Crippen molar-refractivity contribution in [2.75, 3.05) is 13.2 Å². The highest BCUT2D eigenvalue weighted by Gasteiger charge is 2.62. The second-order valence-electron chi connectivity index (χ2n) is 6.91. The van der Waals surface area contributed by atoms with Gasteiger partial charge in [0.2, 0.25) is 0 Å². The summed E-state index contributed by atoms with van der Waals surface area (Å²) in [5, 5.41) is 0. The van der Waals surface area contributed by atoms with Crippen molar-refractivity contribution in [3.05, 3.63) is 0 Å². The van der Waals surface area contributed by atoms with Crippen LogP contribution in [0.4, 0.5) is 13.2 Å². The van der Waals surface area contributed by atoms with Gasteiger partial charge in [-0.15, -0.1) is 0 Å². The first-order valence-corrected chi connectivity index (χ1v) is 7.01. The van der Waals surface area contributed by atoms with E-state index in [4.69, 9.17) is 10.5 Å². The zero-order valence-electron chi connectivity index (χ0n) is 11.9. The Bertz CT molecular complexity index is 342. The lowest BCUT2D eigenvalue weighted by atomic mass is 9.70. The topological polar surface area (TPSA) is 35.2 Å². The maximum Gasteiger partial charge on any atom is 0.395 e. The van der Waals surface area contributed by atoms with E-state index in [9.17, 15) is 13.2 Å². The van der Waals surface area contributed by atoms with Gasteiger partial charge >= 0.3 is 6.18 Å². The summed E-state index contributed by atoms with van der Waals surface area (Å²) in [5.74, 6) is -0.969. The summed E-state index contributed by atoms with van der Waals surface area (Å²) >= 11 is 0. The minimum Gasteiger partial charge on any atom is -0.377 e. The van der Waals surface area contributed by atoms with Gasteiger partial charge in [-0.2, -0.15) is 13.2 Å². The van der Waals surface area contributed by atoms with Crippen LogP contribution in [0.2, 0.25) is 0 Å². The number of ether oxygens (including phenoxy) is 1. The standard InChI is InChI=1S/C14H24F3NO/c1-12(2)9-4-5-13(12,3)11(6-9)19-8-10(7-18)14(15,16)17/h9-11H,4-8,18H2,1-3H3. The van der Waals surface area contributed by atoms with Crippen LogP contribution >= 0.6 is 0 Å². The van der Waals surface area contributed by atoms with E-state index in [0.717, 1.165) is 12.8 Å². The number of hydrogen-bond acceptors (Lipinski definition) is 2. The number of alkyl halides is 3. The predicted molar refractivity (Wildman–Crippen MR) is 67.6 cm³/mol. The van der Waals surface area contributed by atoms with Crippen LogP contribution in [0.15, 0.2) is 0 Å². The second kappa shape index (κ2) is 4.62. The van der Waals surface area contributed by atoms with Crippen LogP contribution in [0.1, 0.15) is 40.0 Å². The highest BCUT2D eigenvalue weighted by molar-refractivity contribution is 5.11. The molecule has 2 saturated carbocycles. The number of halogens is 3. The highest BCUT2D eigenvalue weighted by Crippen LogP contribution is 2.66. The molecule has 112 valence electrons. The molecule has 19 heavy (non-hydrogen) atoms. The van der Waals surface area contributed by atoms with E-state index in [1.54, 1.807) is 0 Å². The SMILES string of the molecule is CC1(C)C2CCC1(C)C(OCC(CN)C(F)(F)F)C2. The summed E-state index contributed by atoms with van der Waals surface area (Å²) in [6.45, 7) is 5.90. The molecular weight excluding hydrogens is 255 g/mol. The average Bonchev–Trinajstić information content (AvgIpc) is 2.60. The third-order valence-electron chi connectivity index (χ3n) is 5.96. The molecule has 2 aliphatic rings. The fourth-order valence-corrected chi connectivity index (χ4v) is 3.91. The molecular formula is C14H24F3NO. The van der Waals surface area contributed by atoms with Gasteiger partial charge in [0.05, 0.1) is 18.6 Å². The molecule has 2 fully saturated rings. The Balaban J connectivity index is 1.99. The lowest BCUT2D eigenvalue weighted by Gasteiger charge is -2.39. The molecule has 0 radical (unpaired) electrons. The molecule has 0 amide bonds. The number of fused-ring (bicyclic) bond motifs is 2. The van der Waals surface area contributed by atoms with Gasteiger partial charge in [0.25, 0.3) is 0 Å². The van der Waals surface area contributed by atoms with Gasteiger partial charge < -0.3 is 10.5 Å². The molecule has 4 unspecified atom stereocenters. The Hall–Kier alpha value is -0.290. The van der Waals surface area contributed by atoms with Crippen molar-refractivity contribution in [2.24, 2.45) is 28.4 Å². The lowest BCUT2D eigenvalue weighted by molar-refractivity contribution is -0.194. The minimum absolute atomic E-state index is 0.00239. The van der Waals surface area contributed by atoms with Crippen molar-refractivity contribution < 1.29 is 17.9 Å². The van der Waals surface area contributed by atoms with Crippen molar-refractivity contribution in [2.45, 2.75) is 52.3 Å². The van der Waals surface area contributed by atoms with Crippen LogP contribution in [-0.4, -0.2) is 25.4 Å². The Morgan fingerprint density at radius 3 is 2.32 bits per heavy atom. The van der Waals surface area contributed by atoms with Gasteiger partial charge in [0.1, 0.15) is 0 Å². The fourth-order valence-electron chi connectivity index (χ4n) is 3.91. The normalized spacial score (nSPS) is 38.7. The minimum atomic E-state index is -4.26. The van der Waals surface area contributed by atoms with E-state index in [1.165, 1.54) is 6.42 Å². The Morgan fingerprint density at radius 1 is 1.32 bits per heavy atom. The van der Waals surface area contributed by atoms with Crippen molar-refractivity contribution in [1.82, 2.24) is 0 Å². The summed E-state index contributed by atoms with van der Waals surface area (Å²) in [7, 11) is 0. The molecule has 0 aromatic heterocycles. The van der Waals surface area contributed by atoms with E-state index in [1.807, 2.05) is 0 Å². The molecule has 4 atom stereocenters. The summed E-state index contributed by atoms with van der Waals surface area (Å²) in [5.41, 5.74) is 5.37. The number of hydrogen-bond donors (Lipinski definition) is 1. The molecule has 0 saturated heterocycles. The van der Waals surface area contributed by atoms with Gasteiger partial charge in [-0.3, -0.25) is 0 Å². The first kappa shape index (κ1) is 15.1. The van der Waals surface area contributed by atoms with Crippen LogP contribution in [0.25, 0.3) is 0 Å². The average molecular weight is 279 g/mol. The zero-order chi connectivity index (χ0) is 14.5. The molecule has 0 heterocycles. The van der Waals surface area contributed by atoms with Gasteiger partial charge in [-0.05, 0) is 36.0 Å². The van der Waals surface area contributed by atoms with E-state index < -0.39 is 18.6 Å². The second-order valence-corrected chi connectivity index (χ2v) is 6.91. The third kappa shape index (κ3) is 2.29. The molecule has 2 rings (SSSR count). The largest absolute Gasteiger partial charge is 0.395 e. The lowest BCUT2D eigenvalue weighted by Crippen LogP contribution is -2.40.